The number of nitrogens with zero attached hydrogens (tertiary/aromatic N) is 1. The highest BCUT2D eigenvalue weighted by atomic mass is 35.5. The first kappa shape index (κ1) is 19.9. The summed E-state index contributed by atoms with van der Waals surface area (Å²) in [5.41, 5.74) is 2.97. The summed E-state index contributed by atoms with van der Waals surface area (Å²) in [6.45, 7) is 0.342. The molecular formula is C17H14Cl4N2O2. The standard InChI is InChI=1S/C17H14Cl4N2O2/c18-11-6-7-16(15(21)9-11)25-8-2-5-17(24)23-22-10-12-13(19)3-1-4-14(12)20/h1,3-4,6-7,9-10H,2,5,8H2,(H,23,24)/b22-10+. The summed E-state index contributed by atoms with van der Waals surface area (Å²) in [7, 11) is 0. The first-order chi connectivity index (χ1) is 12.0. The fraction of sp³-hybridized carbons (Fsp3) is 0.176. The largest absolute Gasteiger partial charge is 0.492 e. The third-order valence-corrected chi connectivity index (χ3v) is 4.27. The van der Waals surface area contributed by atoms with Gasteiger partial charge in [-0.05, 0) is 36.8 Å². The minimum Gasteiger partial charge on any atom is -0.492 e. The van der Waals surface area contributed by atoms with Crippen LogP contribution in [0.25, 0.3) is 0 Å². The number of carbonyl (C=O) groups is 1. The number of benzene rings is 2. The number of carbonyl (C=O) groups excluding carboxylic acids is 1. The Morgan fingerprint density at radius 2 is 1.80 bits per heavy atom. The first-order valence-electron chi connectivity index (χ1n) is 7.31. The van der Waals surface area contributed by atoms with Gasteiger partial charge in [0.05, 0.1) is 27.9 Å². The van der Waals surface area contributed by atoms with Crippen molar-refractivity contribution in [2.24, 2.45) is 5.10 Å². The van der Waals surface area contributed by atoms with Gasteiger partial charge in [0.25, 0.3) is 0 Å². The van der Waals surface area contributed by atoms with Crippen LogP contribution in [0.3, 0.4) is 0 Å². The minimum atomic E-state index is -0.245. The van der Waals surface area contributed by atoms with E-state index >= 15 is 0 Å². The predicted molar refractivity (Wildman–Crippen MR) is 103 cm³/mol. The lowest BCUT2D eigenvalue weighted by molar-refractivity contribution is -0.121. The Balaban J connectivity index is 1.73. The topological polar surface area (TPSA) is 50.7 Å². The molecule has 4 nitrogen and oxygen atoms in total. The van der Waals surface area contributed by atoms with Crippen molar-refractivity contribution in [3.63, 3.8) is 0 Å². The molecule has 2 aromatic rings. The van der Waals surface area contributed by atoms with Gasteiger partial charge in [-0.2, -0.15) is 5.10 Å². The summed E-state index contributed by atoms with van der Waals surface area (Å²) < 4.78 is 5.50. The van der Waals surface area contributed by atoms with Crippen LogP contribution in [0.4, 0.5) is 0 Å². The second kappa shape index (κ2) is 9.88. The van der Waals surface area contributed by atoms with Gasteiger partial charge in [-0.25, -0.2) is 5.43 Å². The molecule has 0 aromatic heterocycles. The molecule has 0 fully saturated rings. The van der Waals surface area contributed by atoms with Gasteiger partial charge in [-0.15, -0.1) is 0 Å². The SMILES string of the molecule is O=C(CCCOc1ccc(Cl)cc1Cl)N/N=C/c1c(Cl)cccc1Cl. The summed E-state index contributed by atoms with van der Waals surface area (Å²) >= 11 is 23.8. The number of hydrogen-bond acceptors (Lipinski definition) is 3. The van der Waals surface area contributed by atoms with Gasteiger partial charge < -0.3 is 4.74 Å². The van der Waals surface area contributed by atoms with Crippen LogP contribution in [0.1, 0.15) is 18.4 Å². The van der Waals surface area contributed by atoms with E-state index < -0.39 is 0 Å². The summed E-state index contributed by atoms with van der Waals surface area (Å²) in [5.74, 6) is 0.281. The lowest BCUT2D eigenvalue weighted by atomic mass is 10.2. The van der Waals surface area contributed by atoms with Crippen molar-refractivity contribution in [1.82, 2.24) is 5.43 Å². The third-order valence-electron chi connectivity index (χ3n) is 3.08. The Kier molecular flexibility index (Phi) is 7.85. The molecule has 0 bridgehead atoms. The molecule has 25 heavy (non-hydrogen) atoms. The van der Waals surface area contributed by atoms with Crippen molar-refractivity contribution in [2.45, 2.75) is 12.8 Å². The van der Waals surface area contributed by atoms with Crippen LogP contribution in [0.15, 0.2) is 41.5 Å². The van der Waals surface area contributed by atoms with Gasteiger partial charge in [-0.1, -0.05) is 52.5 Å². The average molecular weight is 420 g/mol. The molecule has 0 aliphatic heterocycles. The highest BCUT2D eigenvalue weighted by Gasteiger charge is 2.05. The fourth-order valence-corrected chi connectivity index (χ4v) is 2.82. The lowest BCUT2D eigenvalue weighted by Crippen LogP contribution is -2.18. The van der Waals surface area contributed by atoms with E-state index in [-0.39, 0.29) is 12.3 Å². The van der Waals surface area contributed by atoms with E-state index in [0.29, 0.717) is 44.4 Å². The highest BCUT2D eigenvalue weighted by molar-refractivity contribution is 6.38. The van der Waals surface area contributed by atoms with E-state index in [1.807, 2.05) is 0 Å². The zero-order valence-electron chi connectivity index (χ0n) is 12.9. The zero-order chi connectivity index (χ0) is 18.2. The maximum Gasteiger partial charge on any atom is 0.240 e. The van der Waals surface area contributed by atoms with E-state index in [1.165, 1.54) is 6.21 Å². The molecule has 1 N–H and O–H groups in total. The van der Waals surface area contributed by atoms with Crippen molar-refractivity contribution < 1.29 is 9.53 Å². The van der Waals surface area contributed by atoms with Gasteiger partial charge in [0.15, 0.2) is 0 Å². The molecule has 0 saturated carbocycles. The van der Waals surface area contributed by atoms with Crippen LogP contribution in [-0.4, -0.2) is 18.7 Å². The van der Waals surface area contributed by atoms with E-state index in [2.05, 4.69) is 10.5 Å². The number of rotatable bonds is 7. The maximum absolute atomic E-state index is 11.7. The number of amides is 1. The number of halogens is 4. The molecule has 0 aliphatic carbocycles. The van der Waals surface area contributed by atoms with E-state index in [9.17, 15) is 4.79 Å². The van der Waals surface area contributed by atoms with Gasteiger partial charge in [0, 0.05) is 17.0 Å². The summed E-state index contributed by atoms with van der Waals surface area (Å²) in [5, 5.41) is 5.73. The molecule has 0 radical (unpaired) electrons. The van der Waals surface area contributed by atoms with Crippen molar-refractivity contribution in [2.75, 3.05) is 6.61 Å². The molecule has 0 heterocycles. The van der Waals surface area contributed by atoms with Crippen LogP contribution in [0.5, 0.6) is 5.75 Å². The Hall–Kier alpha value is -1.46. The van der Waals surface area contributed by atoms with Crippen LogP contribution in [0.2, 0.25) is 20.1 Å². The molecule has 0 spiro atoms. The van der Waals surface area contributed by atoms with Gasteiger partial charge in [0.2, 0.25) is 5.91 Å². The van der Waals surface area contributed by atoms with E-state index in [1.54, 1.807) is 36.4 Å². The molecule has 132 valence electrons. The van der Waals surface area contributed by atoms with Gasteiger partial charge >= 0.3 is 0 Å². The molecule has 0 unspecified atom stereocenters. The Morgan fingerprint density at radius 1 is 1.08 bits per heavy atom. The van der Waals surface area contributed by atoms with Crippen molar-refractivity contribution in [3.05, 3.63) is 62.1 Å². The summed E-state index contributed by atoms with van der Waals surface area (Å²) in [6, 6.07) is 10.1. The predicted octanol–water partition coefficient (Wildman–Crippen LogP) is 5.61. The monoisotopic (exact) mass is 418 g/mol. The molecule has 0 atom stereocenters. The number of nitrogens with one attached hydrogen (secondary N) is 1. The van der Waals surface area contributed by atoms with Gasteiger partial charge in [-0.3, -0.25) is 4.79 Å². The zero-order valence-corrected chi connectivity index (χ0v) is 16.0. The van der Waals surface area contributed by atoms with E-state index in [0.717, 1.165) is 0 Å². The quantitative estimate of drug-likeness (QED) is 0.360. The normalized spacial score (nSPS) is 10.9. The Bertz CT molecular complexity index is 761. The average Bonchev–Trinajstić information content (AvgIpc) is 2.56. The number of hydrogen-bond donors (Lipinski definition) is 1. The lowest BCUT2D eigenvalue weighted by Gasteiger charge is -2.07. The summed E-state index contributed by atoms with van der Waals surface area (Å²) in [6.07, 6.45) is 2.17. The molecule has 2 rings (SSSR count). The molecular weight excluding hydrogens is 406 g/mol. The third kappa shape index (κ3) is 6.40. The first-order valence-corrected chi connectivity index (χ1v) is 8.82. The maximum atomic E-state index is 11.7. The number of hydrazone groups is 1. The van der Waals surface area contributed by atoms with Crippen LogP contribution in [-0.2, 0) is 4.79 Å². The van der Waals surface area contributed by atoms with Crippen molar-refractivity contribution in [3.8, 4) is 5.75 Å². The number of ether oxygens (including phenoxy) is 1. The molecule has 2 aromatic carbocycles. The second-order valence-electron chi connectivity index (χ2n) is 4.96. The molecule has 1 amide bonds. The second-order valence-corrected chi connectivity index (χ2v) is 6.61. The van der Waals surface area contributed by atoms with Crippen molar-refractivity contribution >= 4 is 58.5 Å². The smallest absolute Gasteiger partial charge is 0.240 e. The van der Waals surface area contributed by atoms with E-state index in [4.69, 9.17) is 51.1 Å². The van der Waals surface area contributed by atoms with Crippen LogP contribution >= 0.6 is 46.4 Å². The van der Waals surface area contributed by atoms with Gasteiger partial charge in [0.1, 0.15) is 5.75 Å². The fourth-order valence-electron chi connectivity index (χ4n) is 1.87. The van der Waals surface area contributed by atoms with Crippen LogP contribution < -0.4 is 10.2 Å². The molecule has 0 saturated heterocycles. The minimum absolute atomic E-state index is 0.245. The highest BCUT2D eigenvalue weighted by Crippen LogP contribution is 2.27. The molecule has 0 aliphatic rings. The Morgan fingerprint density at radius 3 is 2.48 bits per heavy atom. The molecule has 8 heteroatoms. The van der Waals surface area contributed by atoms with Crippen LogP contribution in [0, 0.1) is 0 Å². The Labute approximate surface area is 165 Å². The summed E-state index contributed by atoms with van der Waals surface area (Å²) in [4.78, 5) is 11.7. The van der Waals surface area contributed by atoms with Crippen molar-refractivity contribution in [1.29, 1.82) is 0 Å².